The SMILES string of the molecule is CC(C)(C)OC(=O)N1CC(N2CCN(c3cc(C#N)nc(Cl)n3)CC2)C1. The molecule has 1 aromatic heterocycles. The van der Waals surface area contributed by atoms with Crippen LogP contribution in [0.4, 0.5) is 10.6 Å². The van der Waals surface area contributed by atoms with E-state index in [1.54, 1.807) is 11.0 Å². The van der Waals surface area contributed by atoms with Crippen LogP contribution in [0.1, 0.15) is 26.5 Å². The van der Waals surface area contributed by atoms with E-state index in [1.807, 2.05) is 26.8 Å². The number of anilines is 1. The van der Waals surface area contributed by atoms with E-state index >= 15 is 0 Å². The molecule has 2 fully saturated rings. The van der Waals surface area contributed by atoms with E-state index in [0.717, 1.165) is 26.2 Å². The van der Waals surface area contributed by atoms with E-state index in [-0.39, 0.29) is 17.1 Å². The topological polar surface area (TPSA) is 85.6 Å². The zero-order valence-electron chi connectivity index (χ0n) is 15.3. The molecular weight excluding hydrogens is 356 g/mol. The Bertz CT molecular complexity index is 715. The van der Waals surface area contributed by atoms with Crippen molar-refractivity contribution in [3.8, 4) is 6.07 Å². The molecule has 0 aromatic carbocycles. The number of hydrogen-bond donors (Lipinski definition) is 0. The molecule has 0 bridgehead atoms. The molecule has 2 aliphatic rings. The third-order valence-corrected chi connectivity index (χ3v) is 4.64. The lowest BCUT2D eigenvalue weighted by Gasteiger charge is -2.48. The number of halogens is 1. The maximum absolute atomic E-state index is 12.0. The molecule has 2 aliphatic heterocycles. The molecule has 26 heavy (non-hydrogen) atoms. The first kappa shape index (κ1) is 18.7. The number of nitriles is 1. The van der Waals surface area contributed by atoms with Crippen LogP contribution in [0.25, 0.3) is 0 Å². The van der Waals surface area contributed by atoms with Gasteiger partial charge in [0.05, 0.1) is 0 Å². The normalized spacial score (nSPS) is 19.0. The predicted molar refractivity (Wildman–Crippen MR) is 97.1 cm³/mol. The lowest BCUT2D eigenvalue weighted by atomic mass is 10.1. The average molecular weight is 379 g/mol. The van der Waals surface area contributed by atoms with Crippen LogP contribution in [0, 0.1) is 11.3 Å². The van der Waals surface area contributed by atoms with Crippen LogP contribution in [0.2, 0.25) is 5.28 Å². The molecule has 1 amide bonds. The summed E-state index contributed by atoms with van der Waals surface area (Å²) in [4.78, 5) is 26.3. The maximum atomic E-state index is 12.0. The number of carbonyl (C=O) groups is 1. The summed E-state index contributed by atoms with van der Waals surface area (Å²) in [7, 11) is 0. The van der Waals surface area contributed by atoms with Gasteiger partial charge in [-0.15, -0.1) is 0 Å². The summed E-state index contributed by atoms with van der Waals surface area (Å²) in [5.41, 5.74) is -0.191. The number of piperazine rings is 1. The van der Waals surface area contributed by atoms with Gasteiger partial charge >= 0.3 is 6.09 Å². The second kappa shape index (κ2) is 7.25. The van der Waals surface area contributed by atoms with Crippen LogP contribution in [0.15, 0.2) is 6.07 Å². The van der Waals surface area contributed by atoms with E-state index in [0.29, 0.717) is 24.9 Å². The van der Waals surface area contributed by atoms with Crippen LogP contribution < -0.4 is 4.90 Å². The van der Waals surface area contributed by atoms with Crippen LogP contribution in [0.5, 0.6) is 0 Å². The molecule has 0 radical (unpaired) electrons. The number of aromatic nitrogens is 2. The molecule has 0 atom stereocenters. The number of carbonyl (C=O) groups excluding carboxylic acids is 1. The average Bonchev–Trinajstić information content (AvgIpc) is 2.51. The van der Waals surface area contributed by atoms with Crippen molar-refractivity contribution in [2.75, 3.05) is 44.2 Å². The number of likely N-dealkylation sites (tertiary alicyclic amines) is 1. The molecule has 0 aliphatic carbocycles. The Kier molecular flexibility index (Phi) is 5.21. The highest BCUT2D eigenvalue weighted by molar-refractivity contribution is 6.28. The summed E-state index contributed by atoms with van der Waals surface area (Å²) in [5, 5.41) is 9.10. The number of nitrogens with zero attached hydrogens (tertiary/aromatic N) is 6. The second-order valence-corrected chi connectivity index (χ2v) is 7.89. The van der Waals surface area contributed by atoms with E-state index < -0.39 is 5.60 Å². The van der Waals surface area contributed by atoms with Gasteiger partial charge in [0.2, 0.25) is 5.28 Å². The van der Waals surface area contributed by atoms with Gasteiger partial charge in [-0.25, -0.2) is 14.8 Å². The van der Waals surface area contributed by atoms with Gasteiger partial charge in [0.15, 0.2) is 0 Å². The molecule has 0 saturated carbocycles. The van der Waals surface area contributed by atoms with Crippen molar-refractivity contribution in [2.45, 2.75) is 32.4 Å². The fraction of sp³-hybridized carbons (Fsp3) is 0.647. The summed E-state index contributed by atoms with van der Waals surface area (Å²) >= 11 is 5.89. The summed E-state index contributed by atoms with van der Waals surface area (Å²) in [6.45, 7) is 10.4. The highest BCUT2D eigenvalue weighted by atomic mass is 35.5. The molecule has 0 unspecified atom stereocenters. The summed E-state index contributed by atoms with van der Waals surface area (Å²) in [5.74, 6) is 0.685. The molecule has 0 N–H and O–H groups in total. The molecule has 0 spiro atoms. The lowest BCUT2D eigenvalue weighted by molar-refractivity contribution is -0.0162. The summed E-state index contributed by atoms with van der Waals surface area (Å²) in [6, 6.07) is 4.03. The lowest BCUT2D eigenvalue weighted by Crippen LogP contribution is -2.64. The minimum Gasteiger partial charge on any atom is -0.444 e. The third-order valence-electron chi connectivity index (χ3n) is 4.47. The number of hydrogen-bond acceptors (Lipinski definition) is 7. The van der Waals surface area contributed by atoms with Crippen molar-refractivity contribution in [2.24, 2.45) is 0 Å². The van der Waals surface area contributed by atoms with Gasteiger partial charge in [0.1, 0.15) is 23.2 Å². The monoisotopic (exact) mass is 378 g/mol. The summed E-state index contributed by atoms with van der Waals surface area (Å²) in [6.07, 6.45) is -0.243. The highest BCUT2D eigenvalue weighted by Gasteiger charge is 2.38. The Morgan fingerprint density at radius 3 is 2.50 bits per heavy atom. The van der Waals surface area contributed by atoms with Crippen molar-refractivity contribution in [1.82, 2.24) is 19.8 Å². The Balaban J connectivity index is 1.49. The molecule has 2 saturated heterocycles. The van der Waals surface area contributed by atoms with Crippen molar-refractivity contribution in [1.29, 1.82) is 5.26 Å². The molecule has 140 valence electrons. The smallest absolute Gasteiger partial charge is 0.410 e. The first-order valence-electron chi connectivity index (χ1n) is 8.67. The fourth-order valence-electron chi connectivity index (χ4n) is 3.10. The van der Waals surface area contributed by atoms with E-state index in [1.165, 1.54) is 0 Å². The zero-order valence-corrected chi connectivity index (χ0v) is 16.0. The number of ether oxygens (including phenoxy) is 1. The second-order valence-electron chi connectivity index (χ2n) is 7.55. The number of rotatable bonds is 2. The minimum atomic E-state index is -0.463. The van der Waals surface area contributed by atoms with Crippen LogP contribution in [-0.4, -0.2) is 76.8 Å². The third kappa shape index (κ3) is 4.34. The Hall–Kier alpha value is -2.11. The van der Waals surface area contributed by atoms with Crippen LogP contribution in [-0.2, 0) is 4.74 Å². The maximum Gasteiger partial charge on any atom is 0.410 e. The Morgan fingerprint density at radius 1 is 1.27 bits per heavy atom. The number of amides is 1. The molecule has 8 nitrogen and oxygen atoms in total. The molecule has 1 aromatic rings. The first-order valence-corrected chi connectivity index (χ1v) is 9.04. The van der Waals surface area contributed by atoms with Gasteiger partial charge in [-0.05, 0) is 32.4 Å². The highest BCUT2D eigenvalue weighted by Crippen LogP contribution is 2.22. The molecule has 3 rings (SSSR count). The Morgan fingerprint density at radius 2 is 1.92 bits per heavy atom. The molecular formula is C17H23ClN6O2. The molecule has 3 heterocycles. The van der Waals surface area contributed by atoms with Gasteiger partial charge in [-0.2, -0.15) is 5.26 Å². The van der Waals surface area contributed by atoms with Crippen molar-refractivity contribution < 1.29 is 9.53 Å². The van der Waals surface area contributed by atoms with E-state index in [4.69, 9.17) is 21.6 Å². The van der Waals surface area contributed by atoms with Gasteiger partial charge < -0.3 is 14.5 Å². The molecule has 9 heteroatoms. The van der Waals surface area contributed by atoms with Gasteiger partial charge in [0, 0.05) is 51.4 Å². The van der Waals surface area contributed by atoms with Crippen molar-refractivity contribution >= 4 is 23.5 Å². The first-order chi connectivity index (χ1) is 12.2. The van der Waals surface area contributed by atoms with Crippen LogP contribution in [0.3, 0.4) is 0 Å². The quantitative estimate of drug-likeness (QED) is 0.724. The standard InChI is InChI=1S/C17H23ClN6O2/c1-17(2,3)26-16(25)24-10-13(11-24)22-4-6-23(7-5-22)14-8-12(9-19)20-15(18)21-14/h8,13H,4-7,10-11H2,1-3H3. The predicted octanol–water partition coefficient (Wildman–Crippen LogP) is 1.74. The minimum absolute atomic E-state index is 0.0912. The van der Waals surface area contributed by atoms with Gasteiger partial charge in [0.25, 0.3) is 0 Å². The van der Waals surface area contributed by atoms with Crippen molar-refractivity contribution in [3.63, 3.8) is 0 Å². The van der Waals surface area contributed by atoms with Gasteiger partial charge in [-0.3, -0.25) is 4.90 Å². The van der Waals surface area contributed by atoms with E-state index in [2.05, 4.69) is 19.8 Å². The fourth-order valence-corrected chi connectivity index (χ4v) is 3.28. The van der Waals surface area contributed by atoms with E-state index in [9.17, 15) is 4.79 Å². The Labute approximate surface area is 158 Å². The largest absolute Gasteiger partial charge is 0.444 e. The van der Waals surface area contributed by atoms with Crippen molar-refractivity contribution in [3.05, 3.63) is 17.0 Å². The van der Waals surface area contributed by atoms with Crippen LogP contribution >= 0.6 is 11.6 Å². The zero-order chi connectivity index (χ0) is 18.9. The summed E-state index contributed by atoms with van der Waals surface area (Å²) < 4.78 is 5.39. The van der Waals surface area contributed by atoms with Gasteiger partial charge in [-0.1, -0.05) is 0 Å².